The first kappa shape index (κ1) is 19.6. The van der Waals surface area contributed by atoms with Crippen LogP contribution in [0.1, 0.15) is 6.42 Å². The second-order valence-corrected chi connectivity index (χ2v) is 7.01. The van der Waals surface area contributed by atoms with Crippen molar-refractivity contribution in [3.63, 3.8) is 0 Å². The van der Waals surface area contributed by atoms with Crippen molar-refractivity contribution in [1.29, 1.82) is 0 Å². The number of para-hydroxylation sites is 3. The second kappa shape index (κ2) is 7.94. The molecule has 30 heavy (non-hydrogen) atoms. The molecule has 4 rings (SSSR count). The summed E-state index contributed by atoms with van der Waals surface area (Å²) in [6, 6.07) is 12.6. The van der Waals surface area contributed by atoms with Gasteiger partial charge in [0.2, 0.25) is 11.8 Å². The Bertz CT molecular complexity index is 1040. The molecule has 0 radical (unpaired) electrons. The number of esters is 1. The van der Waals surface area contributed by atoms with E-state index in [1.807, 2.05) is 0 Å². The van der Waals surface area contributed by atoms with Gasteiger partial charge in [-0.15, -0.1) is 0 Å². The molecule has 8 nitrogen and oxygen atoms in total. The summed E-state index contributed by atoms with van der Waals surface area (Å²) in [5.74, 6) is -3.38. The average Bonchev–Trinajstić information content (AvgIpc) is 3.13. The molecular weight excluding hydrogens is 393 g/mol. The molecule has 2 aliphatic rings. The Hall–Kier alpha value is -3.75. The van der Waals surface area contributed by atoms with Gasteiger partial charge in [0.15, 0.2) is 6.61 Å². The SMILES string of the molecule is O=C1CN(C(=O)COC(=O)[C@@H]2CC(=O)N(c3ccccc3F)C2)c2ccccc2N1. The zero-order valence-corrected chi connectivity index (χ0v) is 15.8. The molecule has 9 heteroatoms. The zero-order chi connectivity index (χ0) is 21.3. The van der Waals surface area contributed by atoms with Crippen LogP contribution >= 0.6 is 0 Å². The normalized spacial score (nSPS) is 18.1. The van der Waals surface area contributed by atoms with E-state index in [0.29, 0.717) is 11.4 Å². The van der Waals surface area contributed by atoms with Gasteiger partial charge < -0.3 is 15.0 Å². The molecule has 0 bridgehead atoms. The van der Waals surface area contributed by atoms with Gasteiger partial charge in [0.1, 0.15) is 12.4 Å². The Morgan fingerprint density at radius 2 is 1.77 bits per heavy atom. The van der Waals surface area contributed by atoms with E-state index in [-0.39, 0.29) is 31.1 Å². The van der Waals surface area contributed by atoms with Crippen molar-refractivity contribution in [2.24, 2.45) is 5.92 Å². The molecule has 2 aromatic rings. The summed E-state index contributed by atoms with van der Waals surface area (Å²) in [6.45, 7) is -0.775. The van der Waals surface area contributed by atoms with Crippen LogP contribution in [0.5, 0.6) is 0 Å². The minimum absolute atomic E-state index is 0.0260. The van der Waals surface area contributed by atoms with Crippen LogP contribution in [-0.2, 0) is 23.9 Å². The number of benzene rings is 2. The van der Waals surface area contributed by atoms with E-state index in [9.17, 15) is 23.6 Å². The predicted molar refractivity (Wildman–Crippen MR) is 105 cm³/mol. The number of anilines is 3. The number of amides is 3. The zero-order valence-electron chi connectivity index (χ0n) is 15.8. The number of nitrogens with one attached hydrogen (secondary N) is 1. The van der Waals surface area contributed by atoms with Crippen LogP contribution < -0.4 is 15.1 Å². The molecule has 2 aromatic carbocycles. The maximum absolute atomic E-state index is 14.0. The molecule has 1 saturated heterocycles. The number of hydrogen-bond acceptors (Lipinski definition) is 5. The van der Waals surface area contributed by atoms with Gasteiger partial charge in [0.05, 0.1) is 23.0 Å². The van der Waals surface area contributed by atoms with Crippen molar-refractivity contribution in [3.05, 3.63) is 54.3 Å². The average molecular weight is 411 g/mol. The van der Waals surface area contributed by atoms with Crippen LogP contribution in [0.3, 0.4) is 0 Å². The lowest BCUT2D eigenvalue weighted by atomic mass is 10.1. The van der Waals surface area contributed by atoms with Crippen LogP contribution in [0, 0.1) is 11.7 Å². The number of ether oxygens (including phenoxy) is 1. The summed E-state index contributed by atoms with van der Waals surface area (Å²) in [7, 11) is 0. The Morgan fingerprint density at radius 3 is 2.53 bits per heavy atom. The number of halogens is 1. The third-order valence-corrected chi connectivity index (χ3v) is 5.01. The fourth-order valence-electron chi connectivity index (χ4n) is 3.55. The Morgan fingerprint density at radius 1 is 1.07 bits per heavy atom. The van der Waals surface area contributed by atoms with Gasteiger partial charge in [-0.2, -0.15) is 0 Å². The lowest BCUT2D eigenvalue weighted by molar-refractivity contribution is -0.151. The number of hydrogen-bond donors (Lipinski definition) is 1. The number of fused-ring (bicyclic) bond motifs is 1. The third-order valence-electron chi connectivity index (χ3n) is 5.01. The maximum Gasteiger partial charge on any atom is 0.311 e. The van der Waals surface area contributed by atoms with Gasteiger partial charge in [-0.05, 0) is 24.3 Å². The minimum atomic E-state index is -0.804. The number of carbonyl (C=O) groups excluding carboxylic acids is 4. The standard InChI is InChI=1S/C21H18FN3O5/c22-14-5-1-3-7-16(14)24-10-13(9-19(24)27)21(29)30-12-20(28)25-11-18(26)23-15-6-2-4-8-17(15)25/h1-8,13H,9-12H2,(H,23,26)/t13-/m1/s1. The van der Waals surface area contributed by atoms with E-state index in [2.05, 4.69) is 5.32 Å². The molecular formula is C21H18FN3O5. The number of carbonyl (C=O) groups is 4. The summed E-state index contributed by atoms with van der Waals surface area (Å²) in [4.78, 5) is 51.5. The molecule has 154 valence electrons. The first-order chi connectivity index (χ1) is 14.4. The highest BCUT2D eigenvalue weighted by Crippen LogP contribution is 2.30. The molecule has 1 fully saturated rings. The third kappa shape index (κ3) is 3.73. The summed E-state index contributed by atoms with van der Waals surface area (Å²) in [6.07, 6.45) is -0.129. The Balaban J connectivity index is 1.39. The molecule has 0 spiro atoms. The summed E-state index contributed by atoms with van der Waals surface area (Å²) >= 11 is 0. The highest BCUT2D eigenvalue weighted by molar-refractivity contribution is 6.10. The van der Waals surface area contributed by atoms with Crippen LogP contribution in [0.2, 0.25) is 0 Å². The van der Waals surface area contributed by atoms with Gasteiger partial charge in [0.25, 0.3) is 5.91 Å². The van der Waals surface area contributed by atoms with E-state index in [1.165, 1.54) is 28.0 Å². The molecule has 0 saturated carbocycles. The van der Waals surface area contributed by atoms with Gasteiger partial charge in [-0.25, -0.2) is 4.39 Å². The smallest absolute Gasteiger partial charge is 0.311 e. The molecule has 0 aliphatic carbocycles. The Labute approximate surface area is 171 Å². The largest absolute Gasteiger partial charge is 0.455 e. The van der Waals surface area contributed by atoms with Crippen molar-refractivity contribution in [2.75, 3.05) is 34.8 Å². The van der Waals surface area contributed by atoms with Crippen molar-refractivity contribution < 1.29 is 28.3 Å². The van der Waals surface area contributed by atoms with Crippen molar-refractivity contribution in [1.82, 2.24) is 0 Å². The monoisotopic (exact) mass is 411 g/mol. The quantitative estimate of drug-likeness (QED) is 0.773. The predicted octanol–water partition coefficient (Wildman–Crippen LogP) is 1.71. The number of rotatable bonds is 4. The highest BCUT2D eigenvalue weighted by Gasteiger charge is 2.37. The Kier molecular flexibility index (Phi) is 5.18. The molecule has 2 aliphatic heterocycles. The van der Waals surface area contributed by atoms with E-state index >= 15 is 0 Å². The van der Waals surface area contributed by atoms with Crippen LogP contribution in [-0.4, -0.2) is 43.4 Å². The van der Waals surface area contributed by atoms with Crippen LogP contribution in [0.15, 0.2) is 48.5 Å². The van der Waals surface area contributed by atoms with Crippen molar-refractivity contribution in [3.8, 4) is 0 Å². The minimum Gasteiger partial charge on any atom is -0.455 e. The van der Waals surface area contributed by atoms with Crippen LogP contribution in [0.4, 0.5) is 21.5 Å². The fourth-order valence-corrected chi connectivity index (χ4v) is 3.55. The fraction of sp³-hybridized carbons (Fsp3) is 0.238. The highest BCUT2D eigenvalue weighted by atomic mass is 19.1. The van der Waals surface area contributed by atoms with Gasteiger partial charge in [0, 0.05) is 13.0 Å². The van der Waals surface area contributed by atoms with E-state index < -0.39 is 36.1 Å². The van der Waals surface area contributed by atoms with E-state index in [4.69, 9.17) is 4.74 Å². The van der Waals surface area contributed by atoms with Gasteiger partial charge in [-0.1, -0.05) is 24.3 Å². The molecule has 1 atom stereocenters. The van der Waals surface area contributed by atoms with Gasteiger partial charge in [-0.3, -0.25) is 24.1 Å². The maximum atomic E-state index is 14.0. The second-order valence-electron chi connectivity index (χ2n) is 7.01. The molecule has 2 heterocycles. The van der Waals surface area contributed by atoms with E-state index in [0.717, 1.165) is 0 Å². The van der Waals surface area contributed by atoms with Gasteiger partial charge >= 0.3 is 5.97 Å². The topological polar surface area (TPSA) is 96.0 Å². The molecule has 0 aromatic heterocycles. The first-order valence-electron chi connectivity index (χ1n) is 9.35. The molecule has 3 amide bonds. The lowest BCUT2D eigenvalue weighted by Crippen LogP contribution is -2.44. The summed E-state index contributed by atoms with van der Waals surface area (Å²) in [5, 5.41) is 2.67. The van der Waals surface area contributed by atoms with Crippen molar-refractivity contribution in [2.45, 2.75) is 6.42 Å². The summed E-state index contributed by atoms with van der Waals surface area (Å²) in [5.41, 5.74) is 1.11. The van der Waals surface area contributed by atoms with Crippen LogP contribution in [0.25, 0.3) is 0 Å². The van der Waals surface area contributed by atoms with E-state index in [1.54, 1.807) is 30.3 Å². The molecule has 1 N–H and O–H groups in total. The number of nitrogens with zero attached hydrogens (tertiary/aromatic N) is 2. The van der Waals surface area contributed by atoms with Crippen molar-refractivity contribution >= 4 is 40.8 Å². The first-order valence-corrected chi connectivity index (χ1v) is 9.35. The molecule has 0 unspecified atom stereocenters. The summed E-state index contributed by atoms with van der Waals surface area (Å²) < 4.78 is 19.1. The lowest BCUT2D eigenvalue weighted by Gasteiger charge is -2.29.